The number of aliphatic imine (C=N–C) groups is 1. The normalized spacial score (nSPS) is 19.1. The van der Waals surface area contributed by atoms with E-state index < -0.39 is 48.2 Å². The minimum absolute atomic E-state index is 0.0584. The van der Waals surface area contributed by atoms with Crippen molar-refractivity contribution in [3.63, 3.8) is 0 Å². The molecule has 2 unspecified atom stereocenters. The van der Waals surface area contributed by atoms with Crippen molar-refractivity contribution in [3.8, 4) is 23.0 Å². The summed E-state index contributed by atoms with van der Waals surface area (Å²) in [7, 11) is 2.93. The molecule has 0 saturated heterocycles. The average Bonchev–Trinajstić information content (AvgIpc) is 3.92. The van der Waals surface area contributed by atoms with Crippen molar-refractivity contribution < 1.29 is 52.8 Å². The summed E-state index contributed by atoms with van der Waals surface area (Å²) in [4.78, 5) is 75.3. The molecule has 3 aromatic carbocycles. The number of aliphatic hydroxyl groups is 1. The summed E-state index contributed by atoms with van der Waals surface area (Å²) in [6.07, 6.45) is 11.7. The second-order valence-corrected chi connectivity index (χ2v) is 17.4. The van der Waals surface area contributed by atoms with E-state index in [-0.39, 0.29) is 66.9 Å². The molecule has 5 atom stereocenters. The molecule has 0 aromatic heterocycles. The van der Waals surface area contributed by atoms with Gasteiger partial charge in [-0.3, -0.25) is 24.2 Å². The van der Waals surface area contributed by atoms with Crippen LogP contribution in [0.25, 0.3) is 0 Å². The summed E-state index contributed by atoms with van der Waals surface area (Å²) in [5.41, 5.74) is 15.3. The van der Waals surface area contributed by atoms with Gasteiger partial charge in [-0.05, 0) is 80.5 Å². The van der Waals surface area contributed by atoms with Gasteiger partial charge in [0.25, 0.3) is 11.8 Å². The SMILES string of the molecule is CC=CC1=CN2C(=O)c3cc(OC)c(OCCCOc4cc5c(cc4OC)C(=O)N4C=C(C=CC)C[C@H]4[C@H](O)N5C(=O)OCc4ccc(NNC(C)C(=O)NC(C(N)=O)C(C)C)cc4)cc3N=C[C@@H]2C1. The summed E-state index contributed by atoms with van der Waals surface area (Å²) < 4.78 is 29.5. The highest BCUT2D eigenvalue weighted by atomic mass is 16.6. The van der Waals surface area contributed by atoms with Gasteiger partial charge in [-0.1, -0.05) is 50.3 Å². The van der Waals surface area contributed by atoms with Crippen molar-refractivity contribution in [1.29, 1.82) is 0 Å². The number of primary amides is 1. The molecule has 0 fully saturated rings. The van der Waals surface area contributed by atoms with Gasteiger partial charge >= 0.3 is 6.09 Å². The van der Waals surface area contributed by atoms with Crippen LogP contribution in [0.3, 0.4) is 0 Å². The number of aliphatic hydroxyl groups excluding tert-OH is 1. The highest BCUT2D eigenvalue weighted by molar-refractivity contribution is 6.07. The van der Waals surface area contributed by atoms with Crippen LogP contribution < -0.4 is 45.7 Å². The van der Waals surface area contributed by atoms with E-state index in [0.717, 1.165) is 16.0 Å². The van der Waals surface area contributed by atoms with Gasteiger partial charge in [-0.15, -0.1) is 0 Å². The first-order valence-electron chi connectivity index (χ1n) is 23.1. The van der Waals surface area contributed by atoms with Crippen LogP contribution in [0.4, 0.5) is 21.9 Å². The molecule has 19 heteroatoms. The maximum Gasteiger partial charge on any atom is 0.416 e. The van der Waals surface area contributed by atoms with Gasteiger partial charge in [0.15, 0.2) is 29.2 Å². The highest BCUT2D eigenvalue weighted by Gasteiger charge is 2.45. The number of benzene rings is 3. The Morgan fingerprint density at radius 1 is 0.843 bits per heavy atom. The van der Waals surface area contributed by atoms with Crippen molar-refractivity contribution in [2.75, 3.05) is 37.8 Å². The first kappa shape index (κ1) is 50.2. The fraction of sp³-hybridized carbons (Fsp3) is 0.373. The standard InChI is InChI=1S/C51H60N8O11/c1-8-11-32-19-35-25-53-38-23-43(41(66-6)21-36(38)48(62)57(35)26-32)68-17-10-18-69-44-24-39-37(22-42(44)67-7)49(63)58-27-33(12-9-2)20-40(58)50(64)59(39)51(65)70-28-31-13-15-34(16-14-31)56-55-30(5)47(61)54-45(29(3)4)46(52)60/h8-9,11-16,21-27,29-30,35,40,45,50,55-56,64H,10,17-20,28H2,1-7H3,(H2,52,60)(H,54,61)/t30?,35-,40-,45?,50-/m0/s1. The third-order valence-electron chi connectivity index (χ3n) is 12.1. The number of ether oxygens (including phenoxy) is 5. The Balaban J connectivity index is 1.03. The van der Waals surface area contributed by atoms with Crippen LogP contribution in [0.2, 0.25) is 0 Å². The van der Waals surface area contributed by atoms with Crippen LogP contribution in [-0.2, 0) is 20.9 Å². The van der Waals surface area contributed by atoms with Gasteiger partial charge in [-0.25, -0.2) is 15.1 Å². The van der Waals surface area contributed by atoms with Crippen LogP contribution in [0, 0.1) is 5.92 Å². The van der Waals surface area contributed by atoms with E-state index in [0.29, 0.717) is 46.8 Å². The minimum Gasteiger partial charge on any atom is -0.493 e. The molecular formula is C51H60N8O11. The maximum atomic E-state index is 14.3. The Morgan fingerprint density at radius 2 is 1.46 bits per heavy atom. The largest absolute Gasteiger partial charge is 0.493 e. The third-order valence-corrected chi connectivity index (χ3v) is 12.1. The number of nitrogens with two attached hydrogens (primary N) is 1. The van der Waals surface area contributed by atoms with E-state index in [4.69, 9.17) is 29.4 Å². The average molecular weight is 961 g/mol. The minimum atomic E-state index is -1.53. The second-order valence-electron chi connectivity index (χ2n) is 17.4. The fourth-order valence-electron chi connectivity index (χ4n) is 8.46. The van der Waals surface area contributed by atoms with E-state index in [1.165, 1.54) is 31.3 Å². The van der Waals surface area contributed by atoms with Crippen molar-refractivity contribution >= 4 is 53.0 Å². The molecule has 70 heavy (non-hydrogen) atoms. The molecular weight excluding hydrogens is 901 g/mol. The van der Waals surface area contributed by atoms with E-state index in [1.807, 2.05) is 44.4 Å². The third kappa shape index (κ3) is 11.0. The molecule has 0 radical (unpaired) electrons. The van der Waals surface area contributed by atoms with E-state index in [1.54, 1.807) is 74.5 Å². The predicted molar refractivity (Wildman–Crippen MR) is 262 cm³/mol. The maximum absolute atomic E-state index is 14.3. The van der Waals surface area contributed by atoms with E-state index >= 15 is 0 Å². The zero-order valence-electron chi connectivity index (χ0n) is 40.3. The molecule has 4 heterocycles. The zero-order chi connectivity index (χ0) is 50.2. The van der Waals surface area contributed by atoms with Crippen molar-refractivity contribution in [2.24, 2.45) is 16.6 Å². The number of nitrogens with zero attached hydrogens (tertiary/aromatic N) is 4. The monoisotopic (exact) mass is 960 g/mol. The van der Waals surface area contributed by atoms with Crippen molar-refractivity contribution in [1.82, 2.24) is 20.5 Å². The lowest BCUT2D eigenvalue weighted by Crippen LogP contribution is -2.53. The quantitative estimate of drug-likeness (QED) is 0.0684. The molecule has 0 spiro atoms. The number of carbonyl (C=O) groups is 5. The van der Waals surface area contributed by atoms with Gasteiger partial charge in [-0.2, -0.15) is 0 Å². The predicted octanol–water partition coefficient (Wildman–Crippen LogP) is 6.02. The number of rotatable bonds is 19. The molecule has 0 saturated carbocycles. The van der Waals surface area contributed by atoms with Gasteiger partial charge < -0.3 is 55.1 Å². The summed E-state index contributed by atoms with van der Waals surface area (Å²) in [5, 5.41) is 14.6. The van der Waals surface area contributed by atoms with E-state index in [2.05, 4.69) is 21.2 Å². The molecule has 19 nitrogen and oxygen atoms in total. The topological polar surface area (TPSA) is 236 Å². The van der Waals surface area contributed by atoms with E-state index in [9.17, 15) is 29.1 Å². The van der Waals surface area contributed by atoms with Crippen molar-refractivity contribution in [2.45, 2.75) is 90.9 Å². The Labute approximate surface area is 406 Å². The number of carbonyl (C=O) groups excluding carboxylic acids is 5. The molecule has 0 bridgehead atoms. The number of nitrogens with one attached hydrogen (secondary N) is 3. The number of methoxy groups -OCH3 is 2. The molecule has 4 aliphatic rings. The number of hydrogen-bond donors (Lipinski definition) is 5. The van der Waals surface area contributed by atoms with Crippen molar-refractivity contribution in [3.05, 3.63) is 113 Å². The van der Waals surface area contributed by atoms with Crippen LogP contribution in [0.15, 0.2) is 101 Å². The lowest BCUT2D eigenvalue weighted by Gasteiger charge is -2.31. The molecule has 0 aliphatic carbocycles. The van der Waals surface area contributed by atoms with Gasteiger partial charge in [0.05, 0.1) is 62.0 Å². The van der Waals surface area contributed by atoms with Crippen LogP contribution in [0.5, 0.6) is 23.0 Å². The highest BCUT2D eigenvalue weighted by Crippen LogP contribution is 2.43. The Kier molecular flexibility index (Phi) is 15.9. The lowest BCUT2D eigenvalue weighted by molar-refractivity contribution is -0.129. The summed E-state index contributed by atoms with van der Waals surface area (Å²) in [6, 6.07) is 10.6. The fourth-order valence-corrected chi connectivity index (χ4v) is 8.46. The molecule has 4 aliphatic heterocycles. The number of hydrazine groups is 1. The molecule has 7 rings (SSSR count). The zero-order valence-corrected chi connectivity index (χ0v) is 40.3. The Morgan fingerprint density at radius 3 is 2.09 bits per heavy atom. The summed E-state index contributed by atoms with van der Waals surface area (Å²) in [6.45, 7) is 9.07. The smallest absolute Gasteiger partial charge is 0.416 e. The molecule has 370 valence electrons. The number of anilines is 2. The van der Waals surface area contributed by atoms with Gasteiger partial charge in [0.2, 0.25) is 11.8 Å². The Hall–Kier alpha value is -7.64. The first-order valence-corrected chi connectivity index (χ1v) is 23.1. The number of hydrogen-bond acceptors (Lipinski definition) is 14. The Bertz CT molecular complexity index is 2640. The molecule has 6 N–H and O–H groups in total. The van der Waals surface area contributed by atoms with Gasteiger partial charge in [0, 0.05) is 42.9 Å². The molecule has 3 aromatic rings. The lowest BCUT2D eigenvalue weighted by atomic mass is 10.0. The number of allylic oxidation sites excluding steroid dienone is 4. The van der Waals surface area contributed by atoms with Gasteiger partial charge in [0.1, 0.15) is 18.7 Å². The summed E-state index contributed by atoms with van der Waals surface area (Å²) >= 11 is 0. The molecule has 5 amide bonds. The summed E-state index contributed by atoms with van der Waals surface area (Å²) in [5.74, 6) is -0.684. The number of amides is 5. The number of fused-ring (bicyclic) bond motifs is 4. The van der Waals surface area contributed by atoms with Crippen LogP contribution in [-0.4, -0.2) is 109 Å². The second kappa shape index (κ2) is 22.2. The first-order chi connectivity index (χ1) is 33.6. The van der Waals surface area contributed by atoms with Crippen LogP contribution >= 0.6 is 0 Å². The van der Waals surface area contributed by atoms with Crippen LogP contribution in [0.1, 0.15) is 80.2 Å².